The van der Waals surface area contributed by atoms with Gasteiger partial charge in [-0.25, -0.2) is 0 Å². The fourth-order valence-corrected chi connectivity index (χ4v) is 2.03. The first-order chi connectivity index (χ1) is 9.42. The molecule has 0 radical (unpaired) electrons. The summed E-state index contributed by atoms with van der Waals surface area (Å²) in [5, 5.41) is 8.95. The molecule has 0 aliphatic heterocycles. The van der Waals surface area contributed by atoms with Gasteiger partial charge in [-0.05, 0) is 52.4 Å². The van der Waals surface area contributed by atoms with E-state index in [1.165, 1.54) is 0 Å². The van der Waals surface area contributed by atoms with E-state index in [9.17, 15) is 9.59 Å². The van der Waals surface area contributed by atoms with Crippen LogP contribution in [-0.2, 0) is 19.1 Å². The van der Waals surface area contributed by atoms with Gasteiger partial charge in [0.1, 0.15) is 5.60 Å². The van der Waals surface area contributed by atoms with Crippen LogP contribution in [0.25, 0.3) is 0 Å². The largest absolute Gasteiger partial charge is 0.481 e. The molecule has 0 aromatic rings. The molecular weight excluding hydrogens is 260 g/mol. The first-order valence-corrected chi connectivity index (χ1v) is 7.34. The average molecular weight is 286 g/mol. The zero-order chi connectivity index (χ0) is 15.1. The monoisotopic (exact) mass is 286 g/mol. The van der Waals surface area contributed by atoms with Crippen molar-refractivity contribution in [2.75, 3.05) is 13.2 Å². The fourth-order valence-electron chi connectivity index (χ4n) is 2.03. The lowest BCUT2D eigenvalue weighted by atomic mass is 9.90. The lowest BCUT2D eigenvalue weighted by Gasteiger charge is -2.18. The van der Waals surface area contributed by atoms with Crippen LogP contribution in [0.5, 0.6) is 0 Å². The maximum Gasteiger partial charge on any atom is 0.309 e. The smallest absolute Gasteiger partial charge is 0.309 e. The van der Waals surface area contributed by atoms with E-state index in [2.05, 4.69) is 0 Å². The Kier molecular flexibility index (Phi) is 6.46. The van der Waals surface area contributed by atoms with Gasteiger partial charge in [-0.1, -0.05) is 6.42 Å². The SMILES string of the molecule is CC(C)(CCOCCCCCC1(OC=O)CC1)C(=O)O. The minimum absolute atomic E-state index is 0.145. The summed E-state index contributed by atoms with van der Waals surface area (Å²) in [6, 6.07) is 0. The van der Waals surface area contributed by atoms with E-state index in [1.54, 1.807) is 13.8 Å². The number of unbranched alkanes of at least 4 members (excludes halogenated alkanes) is 2. The summed E-state index contributed by atoms with van der Waals surface area (Å²) in [5.41, 5.74) is -0.862. The normalized spacial score (nSPS) is 16.7. The van der Waals surface area contributed by atoms with Crippen molar-refractivity contribution in [3.05, 3.63) is 0 Å². The van der Waals surface area contributed by atoms with Gasteiger partial charge in [-0.2, -0.15) is 0 Å². The highest BCUT2D eigenvalue weighted by Gasteiger charge is 2.44. The number of hydrogen-bond donors (Lipinski definition) is 1. The molecule has 1 aliphatic carbocycles. The molecule has 0 atom stereocenters. The van der Waals surface area contributed by atoms with Crippen molar-refractivity contribution in [2.45, 2.75) is 64.4 Å². The third-order valence-electron chi connectivity index (χ3n) is 3.98. The number of rotatable bonds is 12. The van der Waals surface area contributed by atoms with Gasteiger partial charge >= 0.3 is 5.97 Å². The molecule has 0 spiro atoms. The number of ether oxygens (including phenoxy) is 2. The zero-order valence-electron chi connectivity index (χ0n) is 12.5. The summed E-state index contributed by atoms with van der Waals surface area (Å²) in [6.07, 6.45) is 6.50. The van der Waals surface area contributed by atoms with E-state index in [0.717, 1.165) is 38.5 Å². The van der Waals surface area contributed by atoms with Gasteiger partial charge < -0.3 is 14.6 Å². The summed E-state index contributed by atoms with van der Waals surface area (Å²) >= 11 is 0. The maximum absolute atomic E-state index is 10.9. The van der Waals surface area contributed by atoms with Crippen molar-refractivity contribution in [1.82, 2.24) is 0 Å². The van der Waals surface area contributed by atoms with E-state index in [4.69, 9.17) is 14.6 Å². The summed E-state index contributed by atoms with van der Waals surface area (Å²) in [7, 11) is 0. The second kappa shape index (κ2) is 7.62. The van der Waals surface area contributed by atoms with Crippen LogP contribution in [0.15, 0.2) is 0 Å². The van der Waals surface area contributed by atoms with Crippen molar-refractivity contribution >= 4 is 12.4 Å². The van der Waals surface area contributed by atoms with Crippen LogP contribution in [0, 0.1) is 5.41 Å². The van der Waals surface area contributed by atoms with Crippen LogP contribution < -0.4 is 0 Å². The molecule has 1 aliphatic rings. The number of carbonyl (C=O) groups is 2. The number of carbonyl (C=O) groups excluding carboxylic acids is 1. The van der Waals surface area contributed by atoms with E-state index in [1.807, 2.05) is 0 Å². The van der Waals surface area contributed by atoms with Gasteiger partial charge in [0.15, 0.2) is 0 Å². The molecule has 0 amide bonds. The second-order valence-corrected chi connectivity index (χ2v) is 6.26. The Morgan fingerprint density at radius 3 is 2.50 bits per heavy atom. The molecule has 0 bridgehead atoms. The van der Waals surface area contributed by atoms with Gasteiger partial charge in [0.25, 0.3) is 6.47 Å². The Morgan fingerprint density at radius 2 is 1.95 bits per heavy atom. The van der Waals surface area contributed by atoms with Gasteiger partial charge in [0, 0.05) is 13.2 Å². The predicted molar refractivity (Wildman–Crippen MR) is 74.4 cm³/mol. The third-order valence-corrected chi connectivity index (χ3v) is 3.98. The zero-order valence-corrected chi connectivity index (χ0v) is 12.5. The summed E-state index contributed by atoms with van der Waals surface area (Å²) in [5.74, 6) is -0.786. The molecular formula is C15H26O5. The Labute approximate surface area is 120 Å². The van der Waals surface area contributed by atoms with Crippen molar-refractivity contribution in [3.63, 3.8) is 0 Å². The highest BCUT2D eigenvalue weighted by Crippen LogP contribution is 2.43. The van der Waals surface area contributed by atoms with Crippen molar-refractivity contribution in [3.8, 4) is 0 Å². The van der Waals surface area contributed by atoms with Crippen molar-refractivity contribution < 1.29 is 24.2 Å². The molecule has 1 rings (SSSR count). The van der Waals surface area contributed by atoms with E-state index >= 15 is 0 Å². The predicted octanol–water partition coefficient (Wildman–Crippen LogP) is 2.77. The van der Waals surface area contributed by atoms with E-state index in [0.29, 0.717) is 26.1 Å². The molecule has 20 heavy (non-hydrogen) atoms. The first kappa shape index (κ1) is 17.0. The molecule has 0 aromatic carbocycles. The van der Waals surface area contributed by atoms with Crippen LogP contribution in [-0.4, -0.2) is 36.4 Å². The topological polar surface area (TPSA) is 72.8 Å². The summed E-state index contributed by atoms with van der Waals surface area (Å²) in [6.45, 7) is 5.12. The van der Waals surface area contributed by atoms with Crippen molar-refractivity contribution in [1.29, 1.82) is 0 Å². The van der Waals surface area contributed by atoms with Gasteiger partial charge in [0.2, 0.25) is 0 Å². The van der Waals surface area contributed by atoms with Crippen LogP contribution in [0.2, 0.25) is 0 Å². The molecule has 1 saturated carbocycles. The van der Waals surface area contributed by atoms with Gasteiger partial charge in [-0.3, -0.25) is 9.59 Å². The maximum atomic E-state index is 10.9. The second-order valence-electron chi connectivity index (χ2n) is 6.26. The lowest BCUT2D eigenvalue weighted by Crippen LogP contribution is -2.25. The van der Waals surface area contributed by atoms with E-state index < -0.39 is 11.4 Å². The summed E-state index contributed by atoms with van der Waals surface area (Å²) < 4.78 is 10.5. The standard InChI is InChI=1S/C15H26O5/c1-14(2,13(17)18)9-11-19-10-5-3-4-6-15(7-8-15)20-12-16/h12H,3-11H2,1-2H3,(H,17,18). The number of aliphatic carboxylic acids is 1. The van der Waals surface area contributed by atoms with Crippen LogP contribution >= 0.6 is 0 Å². The molecule has 0 aromatic heterocycles. The fraction of sp³-hybridized carbons (Fsp3) is 0.867. The molecule has 0 heterocycles. The lowest BCUT2D eigenvalue weighted by molar-refractivity contribution is -0.148. The third kappa shape index (κ3) is 5.90. The molecule has 116 valence electrons. The van der Waals surface area contributed by atoms with Gasteiger partial charge in [-0.15, -0.1) is 0 Å². The van der Waals surface area contributed by atoms with Crippen LogP contribution in [0.1, 0.15) is 58.8 Å². The Hall–Kier alpha value is -1.10. The van der Waals surface area contributed by atoms with E-state index in [-0.39, 0.29) is 5.60 Å². The molecule has 0 unspecified atom stereocenters. The minimum Gasteiger partial charge on any atom is -0.481 e. The molecule has 5 heteroatoms. The van der Waals surface area contributed by atoms with Gasteiger partial charge in [0.05, 0.1) is 5.41 Å². The molecule has 0 saturated heterocycles. The highest BCUT2D eigenvalue weighted by atomic mass is 16.5. The Balaban J connectivity index is 1.93. The van der Waals surface area contributed by atoms with Crippen LogP contribution in [0.4, 0.5) is 0 Å². The van der Waals surface area contributed by atoms with Crippen LogP contribution in [0.3, 0.4) is 0 Å². The number of carboxylic acid groups (broad SMARTS) is 1. The molecule has 1 N–H and O–H groups in total. The molecule has 5 nitrogen and oxygen atoms in total. The quantitative estimate of drug-likeness (QED) is 0.441. The Morgan fingerprint density at radius 1 is 1.25 bits per heavy atom. The number of carboxylic acids is 1. The average Bonchev–Trinajstić information content (AvgIpc) is 3.13. The minimum atomic E-state index is -0.786. The molecule has 1 fully saturated rings. The van der Waals surface area contributed by atoms with Crippen molar-refractivity contribution in [2.24, 2.45) is 5.41 Å². The summed E-state index contributed by atoms with van der Waals surface area (Å²) in [4.78, 5) is 21.2. The highest BCUT2D eigenvalue weighted by molar-refractivity contribution is 5.73. The number of hydrogen-bond acceptors (Lipinski definition) is 4. The Bertz CT molecular complexity index is 320. The first-order valence-electron chi connectivity index (χ1n) is 7.34.